The maximum absolute atomic E-state index is 14.5. The summed E-state index contributed by atoms with van der Waals surface area (Å²) in [7, 11) is 1.59. The number of halogens is 2. The van der Waals surface area contributed by atoms with Crippen molar-refractivity contribution in [2.45, 2.75) is 19.5 Å². The highest BCUT2D eigenvalue weighted by Crippen LogP contribution is 2.36. The maximum atomic E-state index is 14.5. The van der Waals surface area contributed by atoms with E-state index in [1.165, 1.54) is 11.3 Å². The number of aromatic nitrogens is 2. The van der Waals surface area contributed by atoms with Crippen molar-refractivity contribution in [2.75, 3.05) is 13.7 Å². The summed E-state index contributed by atoms with van der Waals surface area (Å²) in [5.74, 6) is 0.131. The van der Waals surface area contributed by atoms with Gasteiger partial charge in [-0.2, -0.15) is 0 Å². The predicted octanol–water partition coefficient (Wildman–Crippen LogP) is 7.25. The molecule has 1 aliphatic heterocycles. The van der Waals surface area contributed by atoms with E-state index in [9.17, 15) is 9.59 Å². The van der Waals surface area contributed by atoms with Gasteiger partial charge in [0.05, 0.1) is 35.6 Å². The van der Waals surface area contributed by atoms with Gasteiger partial charge in [-0.25, -0.2) is 9.79 Å². The number of hydrogen-bond donors (Lipinski definition) is 0. The van der Waals surface area contributed by atoms with Gasteiger partial charge in [0.25, 0.3) is 5.56 Å². The molecule has 0 saturated carbocycles. The molecule has 0 aliphatic carbocycles. The van der Waals surface area contributed by atoms with Crippen LogP contribution in [-0.2, 0) is 16.1 Å². The van der Waals surface area contributed by atoms with Gasteiger partial charge in [0, 0.05) is 44.8 Å². The maximum Gasteiger partial charge on any atom is 0.338 e. The molecule has 0 N–H and O–H groups in total. The lowest BCUT2D eigenvalue weighted by atomic mass is 9.93. The molecule has 3 heterocycles. The number of ether oxygens (including phenoxy) is 2. The fourth-order valence-electron chi connectivity index (χ4n) is 6.04. The zero-order chi connectivity index (χ0) is 33.4. The lowest BCUT2D eigenvalue weighted by Crippen LogP contribution is -2.40. The van der Waals surface area contributed by atoms with Gasteiger partial charge in [-0.3, -0.25) is 9.36 Å². The Morgan fingerprint density at radius 2 is 1.73 bits per heavy atom. The molecule has 10 heteroatoms. The van der Waals surface area contributed by atoms with E-state index in [4.69, 9.17) is 37.7 Å². The Morgan fingerprint density at radius 3 is 2.46 bits per heavy atom. The number of hydrogen-bond acceptors (Lipinski definition) is 6. The van der Waals surface area contributed by atoms with Gasteiger partial charge < -0.3 is 14.0 Å². The smallest absolute Gasteiger partial charge is 0.338 e. The molecule has 0 radical (unpaired) electrons. The molecule has 0 amide bonds. The Bertz CT molecular complexity index is 2390. The van der Waals surface area contributed by atoms with E-state index in [1.54, 1.807) is 24.7 Å². The zero-order valence-corrected chi connectivity index (χ0v) is 28.4. The lowest BCUT2D eigenvalue weighted by Gasteiger charge is -2.26. The highest BCUT2D eigenvalue weighted by molar-refractivity contribution is 7.07. The number of rotatable bonds is 8. The van der Waals surface area contributed by atoms with E-state index in [0.717, 1.165) is 33.2 Å². The molecule has 240 valence electrons. The van der Waals surface area contributed by atoms with Crippen molar-refractivity contribution < 1.29 is 14.3 Å². The van der Waals surface area contributed by atoms with E-state index in [0.29, 0.717) is 42.9 Å². The molecule has 48 heavy (non-hydrogen) atoms. The van der Waals surface area contributed by atoms with Crippen LogP contribution in [0.25, 0.3) is 22.7 Å². The third-order valence-corrected chi connectivity index (χ3v) is 9.84. The predicted molar refractivity (Wildman–Crippen MR) is 192 cm³/mol. The summed E-state index contributed by atoms with van der Waals surface area (Å²) in [6, 6.07) is 29.6. The van der Waals surface area contributed by atoms with Crippen LogP contribution < -0.4 is 19.6 Å². The van der Waals surface area contributed by atoms with Gasteiger partial charge in [0.1, 0.15) is 5.75 Å². The fourth-order valence-corrected chi connectivity index (χ4v) is 7.50. The monoisotopic (exact) mass is 693 g/mol. The van der Waals surface area contributed by atoms with Crippen LogP contribution in [0.15, 0.2) is 119 Å². The van der Waals surface area contributed by atoms with Crippen molar-refractivity contribution in [1.29, 1.82) is 0 Å². The average molecular weight is 695 g/mol. The summed E-state index contributed by atoms with van der Waals surface area (Å²) in [5.41, 5.74) is 4.78. The SMILES string of the molecule is CCOC(=O)C1=C(c2ccccc2)N=c2s/c(=C/c3cn(Cc4ccc(Cl)cc4Cl)c4ccccc34)c(=O)n2C1c1ccc(OC)cc1. The Balaban J connectivity index is 1.44. The number of fused-ring (bicyclic) bond motifs is 2. The highest BCUT2D eigenvalue weighted by atomic mass is 35.5. The molecule has 2 aromatic heterocycles. The van der Waals surface area contributed by atoms with Crippen molar-refractivity contribution in [1.82, 2.24) is 9.13 Å². The van der Waals surface area contributed by atoms with Crippen molar-refractivity contribution >= 4 is 63.2 Å². The number of carbonyl (C=O) groups excluding carboxylic acids is 1. The highest BCUT2D eigenvalue weighted by Gasteiger charge is 2.35. The molecule has 0 fully saturated rings. The number of esters is 1. The number of thiazole rings is 1. The van der Waals surface area contributed by atoms with Gasteiger partial charge in [-0.15, -0.1) is 0 Å². The topological polar surface area (TPSA) is 74.8 Å². The van der Waals surface area contributed by atoms with Gasteiger partial charge in [0.2, 0.25) is 0 Å². The first-order valence-electron chi connectivity index (χ1n) is 15.3. The van der Waals surface area contributed by atoms with E-state index in [-0.39, 0.29) is 12.2 Å². The number of benzene rings is 4. The minimum atomic E-state index is -0.781. The second-order valence-corrected chi connectivity index (χ2v) is 13.0. The molecular weight excluding hydrogens is 665 g/mol. The molecule has 4 aromatic carbocycles. The van der Waals surface area contributed by atoms with Crippen LogP contribution in [0.4, 0.5) is 0 Å². The third-order valence-electron chi connectivity index (χ3n) is 8.27. The summed E-state index contributed by atoms with van der Waals surface area (Å²) in [6.07, 6.45) is 3.92. The minimum absolute atomic E-state index is 0.176. The second kappa shape index (κ2) is 13.3. The Morgan fingerprint density at radius 1 is 0.979 bits per heavy atom. The Hall–Kier alpha value is -4.89. The molecule has 7 nitrogen and oxygen atoms in total. The normalized spacial score (nSPS) is 14.6. The summed E-state index contributed by atoms with van der Waals surface area (Å²) in [5, 5.41) is 2.14. The summed E-state index contributed by atoms with van der Waals surface area (Å²) < 4.78 is 15.2. The molecule has 6 aromatic rings. The second-order valence-electron chi connectivity index (χ2n) is 11.2. The molecule has 0 spiro atoms. The van der Waals surface area contributed by atoms with Crippen LogP contribution in [-0.4, -0.2) is 28.8 Å². The van der Waals surface area contributed by atoms with E-state index in [2.05, 4.69) is 4.57 Å². The molecule has 1 unspecified atom stereocenters. The van der Waals surface area contributed by atoms with E-state index < -0.39 is 12.0 Å². The largest absolute Gasteiger partial charge is 0.497 e. The van der Waals surface area contributed by atoms with Crippen LogP contribution >= 0.6 is 34.5 Å². The first kappa shape index (κ1) is 31.7. The lowest BCUT2D eigenvalue weighted by molar-refractivity contribution is -0.138. The number of methoxy groups -OCH3 is 1. The number of para-hydroxylation sites is 1. The summed E-state index contributed by atoms with van der Waals surface area (Å²) in [6.45, 7) is 2.46. The van der Waals surface area contributed by atoms with Crippen LogP contribution in [0.2, 0.25) is 10.0 Å². The van der Waals surface area contributed by atoms with Gasteiger partial charge in [-0.05, 0) is 54.5 Å². The van der Waals surface area contributed by atoms with Crippen molar-refractivity contribution in [3.8, 4) is 5.75 Å². The van der Waals surface area contributed by atoms with Crippen LogP contribution in [0, 0.1) is 0 Å². The molecular formula is C38H29Cl2N3O4S. The molecule has 7 rings (SSSR count). The Kier molecular flexibility index (Phi) is 8.79. The first-order valence-corrected chi connectivity index (χ1v) is 16.9. The quantitative estimate of drug-likeness (QED) is 0.157. The summed E-state index contributed by atoms with van der Waals surface area (Å²) in [4.78, 5) is 33.6. The van der Waals surface area contributed by atoms with E-state index >= 15 is 0 Å². The summed E-state index contributed by atoms with van der Waals surface area (Å²) >= 11 is 14.0. The number of nitrogens with zero attached hydrogens (tertiary/aromatic N) is 3. The van der Waals surface area contributed by atoms with Gasteiger partial charge in [-0.1, -0.05) is 101 Å². The minimum Gasteiger partial charge on any atom is -0.497 e. The first-order chi connectivity index (χ1) is 23.4. The van der Waals surface area contributed by atoms with Crippen molar-refractivity contribution in [3.05, 3.63) is 161 Å². The molecule has 1 atom stereocenters. The zero-order valence-electron chi connectivity index (χ0n) is 26.0. The van der Waals surface area contributed by atoms with Gasteiger partial charge >= 0.3 is 5.97 Å². The van der Waals surface area contributed by atoms with Crippen molar-refractivity contribution in [3.63, 3.8) is 0 Å². The van der Waals surface area contributed by atoms with Crippen LogP contribution in [0.3, 0.4) is 0 Å². The number of carbonyl (C=O) groups is 1. The third kappa shape index (κ3) is 5.87. The molecule has 0 saturated heterocycles. The standard InChI is InChI=1S/C38H29Cl2N3O4S/c1-3-47-37(45)33-34(23-9-5-4-6-10-23)41-38-43(35(33)24-14-17-28(46-2)18-15-24)36(44)32(48-38)19-26-22-42(31-12-8-7-11-29(26)31)21-25-13-16-27(39)20-30(25)40/h4-20,22,35H,3,21H2,1-2H3/b32-19+. The Labute approximate surface area is 290 Å². The fraction of sp³-hybridized carbons (Fsp3) is 0.132. The van der Waals surface area contributed by atoms with Gasteiger partial charge in [0.15, 0.2) is 4.80 Å². The molecule has 0 bridgehead atoms. The van der Waals surface area contributed by atoms with E-state index in [1.807, 2.05) is 103 Å². The van der Waals surface area contributed by atoms with Crippen LogP contribution in [0.5, 0.6) is 5.75 Å². The van der Waals surface area contributed by atoms with Crippen LogP contribution in [0.1, 0.15) is 35.2 Å². The van der Waals surface area contributed by atoms with Crippen molar-refractivity contribution in [2.24, 2.45) is 4.99 Å². The molecule has 1 aliphatic rings. The average Bonchev–Trinajstić information content (AvgIpc) is 3.61.